The minimum absolute atomic E-state index is 0.193. The summed E-state index contributed by atoms with van der Waals surface area (Å²) >= 11 is 13.5. The highest BCUT2D eigenvalue weighted by Crippen LogP contribution is 2.37. The molecule has 0 bridgehead atoms. The summed E-state index contributed by atoms with van der Waals surface area (Å²) in [6.45, 7) is 4.81. The van der Waals surface area contributed by atoms with Gasteiger partial charge in [0.15, 0.2) is 0 Å². The number of benzene rings is 1. The summed E-state index contributed by atoms with van der Waals surface area (Å²) in [6.07, 6.45) is 0. The molecule has 2 heterocycles. The lowest BCUT2D eigenvalue weighted by Gasteiger charge is -2.35. The van der Waals surface area contributed by atoms with Gasteiger partial charge in [0.25, 0.3) is 5.56 Å². The molecular formula is C17H22Cl2N6OS. The SMILES string of the molecule is Cn1c(N2CCN(CCN)CC2)nc(N)c(Sc2cccc(Cl)c2Cl)c1=O. The Morgan fingerprint density at radius 2 is 1.93 bits per heavy atom. The third-order valence-corrected chi connectivity index (χ3v) is 6.56. The molecule has 1 aliphatic rings. The second kappa shape index (κ2) is 8.70. The van der Waals surface area contributed by atoms with Crippen molar-refractivity contribution in [1.82, 2.24) is 14.5 Å². The van der Waals surface area contributed by atoms with Crippen molar-refractivity contribution in [3.63, 3.8) is 0 Å². The van der Waals surface area contributed by atoms with Crippen molar-refractivity contribution >= 4 is 46.7 Å². The molecule has 0 spiro atoms. The number of nitrogens with two attached hydrogens (primary N) is 2. The van der Waals surface area contributed by atoms with E-state index in [1.807, 2.05) is 0 Å². The summed E-state index contributed by atoms with van der Waals surface area (Å²) in [6, 6.07) is 5.27. The highest BCUT2D eigenvalue weighted by Gasteiger charge is 2.23. The van der Waals surface area contributed by atoms with Gasteiger partial charge in [-0.1, -0.05) is 41.0 Å². The van der Waals surface area contributed by atoms with Crippen LogP contribution in [0.25, 0.3) is 0 Å². The number of hydrogen-bond acceptors (Lipinski definition) is 7. The topological polar surface area (TPSA) is 93.4 Å². The van der Waals surface area contributed by atoms with Gasteiger partial charge < -0.3 is 16.4 Å². The Bertz CT molecular complexity index is 882. The number of aromatic nitrogens is 2. The van der Waals surface area contributed by atoms with Crippen molar-refractivity contribution in [2.45, 2.75) is 9.79 Å². The van der Waals surface area contributed by atoms with Crippen molar-refractivity contribution in [2.24, 2.45) is 12.8 Å². The molecule has 0 radical (unpaired) electrons. The molecule has 7 nitrogen and oxygen atoms in total. The fraction of sp³-hybridized carbons (Fsp3) is 0.412. The summed E-state index contributed by atoms with van der Waals surface area (Å²) in [5.74, 6) is 0.768. The van der Waals surface area contributed by atoms with Gasteiger partial charge in [-0.3, -0.25) is 14.3 Å². The van der Waals surface area contributed by atoms with E-state index in [1.165, 1.54) is 16.3 Å². The average Bonchev–Trinajstić information content (AvgIpc) is 2.66. The van der Waals surface area contributed by atoms with E-state index in [2.05, 4.69) is 14.8 Å². The largest absolute Gasteiger partial charge is 0.382 e. The maximum absolute atomic E-state index is 12.9. The van der Waals surface area contributed by atoms with Crippen molar-refractivity contribution in [3.8, 4) is 0 Å². The molecule has 10 heteroatoms. The number of nitrogen functional groups attached to an aromatic ring is 1. The zero-order chi connectivity index (χ0) is 19.6. The van der Waals surface area contributed by atoms with Gasteiger partial charge in [-0.25, -0.2) is 0 Å². The van der Waals surface area contributed by atoms with Crippen LogP contribution in [0.3, 0.4) is 0 Å². The fourth-order valence-corrected chi connectivity index (χ4v) is 4.40. The maximum atomic E-state index is 12.9. The van der Waals surface area contributed by atoms with E-state index in [4.69, 9.17) is 34.7 Å². The van der Waals surface area contributed by atoms with Gasteiger partial charge in [0.05, 0.1) is 10.0 Å². The maximum Gasteiger partial charge on any atom is 0.270 e. The van der Waals surface area contributed by atoms with Gasteiger partial charge in [-0.05, 0) is 12.1 Å². The molecule has 3 rings (SSSR count). The van der Waals surface area contributed by atoms with Crippen LogP contribution < -0.4 is 21.9 Å². The van der Waals surface area contributed by atoms with Crippen LogP contribution in [0.4, 0.5) is 11.8 Å². The van der Waals surface area contributed by atoms with Gasteiger partial charge in [0.1, 0.15) is 10.7 Å². The lowest BCUT2D eigenvalue weighted by Crippen LogP contribution is -2.49. The Balaban J connectivity index is 1.86. The second-order valence-electron chi connectivity index (χ2n) is 6.26. The lowest BCUT2D eigenvalue weighted by atomic mass is 10.3. The van der Waals surface area contributed by atoms with Crippen LogP contribution in [0.5, 0.6) is 0 Å². The molecular weight excluding hydrogens is 407 g/mol. The van der Waals surface area contributed by atoms with Gasteiger partial charge in [0.2, 0.25) is 5.95 Å². The monoisotopic (exact) mass is 428 g/mol. The third kappa shape index (κ3) is 4.35. The molecule has 27 heavy (non-hydrogen) atoms. The third-order valence-electron chi connectivity index (χ3n) is 4.48. The minimum atomic E-state index is -0.206. The number of anilines is 2. The standard InChI is InChI=1S/C17H22Cl2N6OS/c1-23-16(26)14(27-12-4-2-3-11(18)13(12)19)15(21)22-17(23)25-9-7-24(6-5-20)8-10-25/h2-4H,5-10,20-21H2,1H3. The number of hydrogen-bond donors (Lipinski definition) is 2. The molecule has 0 amide bonds. The van der Waals surface area contributed by atoms with Crippen molar-refractivity contribution in [3.05, 3.63) is 38.6 Å². The first-order valence-electron chi connectivity index (χ1n) is 8.58. The molecule has 146 valence electrons. The normalized spacial score (nSPS) is 15.3. The van der Waals surface area contributed by atoms with Crippen LogP contribution in [0, 0.1) is 0 Å². The summed E-state index contributed by atoms with van der Waals surface area (Å²) in [4.78, 5) is 22.8. The number of piperazine rings is 1. The van der Waals surface area contributed by atoms with E-state index >= 15 is 0 Å². The molecule has 1 saturated heterocycles. The molecule has 1 aromatic carbocycles. The second-order valence-corrected chi connectivity index (χ2v) is 8.10. The van der Waals surface area contributed by atoms with Crippen LogP contribution in [-0.2, 0) is 7.05 Å². The van der Waals surface area contributed by atoms with E-state index in [-0.39, 0.29) is 11.4 Å². The summed E-state index contributed by atoms with van der Waals surface area (Å²) < 4.78 is 1.54. The minimum Gasteiger partial charge on any atom is -0.382 e. The van der Waals surface area contributed by atoms with E-state index in [9.17, 15) is 4.79 Å². The lowest BCUT2D eigenvalue weighted by molar-refractivity contribution is 0.263. The highest BCUT2D eigenvalue weighted by molar-refractivity contribution is 7.99. The van der Waals surface area contributed by atoms with Gasteiger partial charge in [-0.15, -0.1) is 0 Å². The molecule has 0 atom stereocenters. The number of nitrogens with zero attached hydrogens (tertiary/aromatic N) is 4. The van der Waals surface area contributed by atoms with Crippen LogP contribution >= 0.6 is 35.0 Å². The molecule has 0 saturated carbocycles. The van der Waals surface area contributed by atoms with Gasteiger partial charge >= 0.3 is 0 Å². The van der Waals surface area contributed by atoms with Gasteiger partial charge in [-0.2, -0.15) is 4.98 Å². The zero-order valence-electron chi connectivity index (χ0n) is 15.0. The van der Waals surface area contributed by atoms with Crippen LogP contribution in [-0.4, -0.2) is 53.7 Å². The van der Waals surface area contributed by atoms with Crippen LogP contribution in [0.15, 0.2) is 32.8 Å². The zero-order valence-corrected chi connectivity index (χ0v) is 17.3. The Morgan fingerprint density at radius 3 is 2.59 bits per heavy atom. The molecule has 1 fully saturated rings. The predicted octanol–water partition coefficient (Wildman–Crippen LogP) is 1.90. The first kappa shape index (κ1) is 20.3. The predicted molar refractivity (Wildman–Crippen MR) is 112 cm³/mol. The number of halogens is 2. The fourth-order valence-electron chi connectivity index (χ4n) is 2.99. The number of rotatable bonds is 5. The Kier molecular flexibility index (Phi) is 6.54. The average molecular weight is 429 g/mol. The molecule has 2 aromatic rings. The van der Waals surface area contributed by atoms with Crippen molar-refractivity contribution in [1.29, 1.82) is 0 Å². The van der Waals surface area contributed by atoms with E-state index in [0.29, 0.717) is 32.3 Å². The van der Waals surface area contributed by atoms with Crippen molar-refractivity contribution in [2.75, 3.05) is 49.9 Å². The van der Waals surface area contributed by atoms with Gasteiger partial charge in [0, 0.05) is 51.2 Å². The molecule has 0 unspecified atom stereocenters. The molecule has 1 aromatic heterocycles. The first-order valence-corrected chi connectivity index (χ1v) is 10.2. The van der Waals surface area contributed by atoms with E-state index < -0.39 is 0 Å². The molecule has 4 N–H and O–H groups in total. The molecule has 0 aliphatic carbocycles. The van der Waals surface area contributed by atoms with E-state index in [0.717, 1.165) is 32.7 Å². The Morgan fingerprint density at radius 1 is 1.22 bits per heavy atom. The highest BCUT2D eigenvalue weighted by atomic mass is 35.5. The van der Waals surface area contributed by atoms with Crippen LogP contribution in [0.1, 0.15) is 0 Å². The summed E-state index contributed by atoms with van der Waals surface area (Å²) in [5, 5.41) is 0.822. The first-order chi connectivity index (χ1) is 12.9. The Labute approximate surface area is 172 Å². The smallest absolute Gasteiger partial charge is 0.270 e. The Hall–Kier alpha value is -1.45. The molecule has 1 aliphatic heterocycles. The summed E-state index contributed by atoms with van der Waals surface area (Å²) in [7, 11) is 1.71. The van der Waals surface area contributed by atoms with Crippen molar-refractivity contribution < 1.29 is 0 Å². The summed E-state index contributed by atoms with van der Waals surface area (Å²) in [5.41, 5.74) is 11.5. The van der Waals surface area contributed by atoms with E-state index in [1.54, 1.807) is 25.2 Å². The quantitative estimate of drug-likeness (QED) is 0.750. The van der Waals surface area contributed by atoms with Crippen LogP contribution in [0.2, 0.25) is 10.0 Å².